The van der Waals surface area contributed by atoms with E-state index in [-0.39, 0.29) is 12.0 Å². The second-order valence-corrected chi connectivity index (χ2v) is 8.13. The van der Waals surface area contributed by atoms with Gasteiger partial charge in [0.2, 0.25) is 0 Å². The summed E-state index contributed by atoms with van der Waals surface area (Å²) in [4.78, 5) is 40.5. The number of H-pyrrole nitrogens is 1. The number of carbonyl (C=O) groups excluding carboxylic acids is 1. The highest BCUT2D eigenvalue weighted by molar-refractivity contribution is 6.32. The van der Waals surface area contributed by atoms with Gasteiger partial charge in [0.15, 0.2) is 0 Å². The molecule has 0 saturated carbocycles. The van der Waals surface area contributed by atoms with Crippen LogP contribution in [0.1, 0.15) is 36.0 Å². The van der Waals surface area contributed by atoms with E-state index in [0.717, 1.165) is 38.8 Å². The fourth-order valence-electron chi connectivity index (χ4n) is 4.02. The first-order valence-corrected chi connectivity index (χ1v) is 10.7. The molecular formula is C21H25ClN4O4. The van der Waals surface area contributed by atoms with Crippen LogP contribution in [0.3, 0.4) is 0 Å². The quantitative estimate of drug-likeness (QED) is 0.764. The molecule has 9 heteroatoms. The predicted octanol–water partition coefficient (Wildman–Crippen LogP) is 1.55. The van der Waals surface area contributed by atoms with Gasteiger partial charge >= 0.3 is 5.69 Å². The lowest BCUT2D eigenvalue weighted by Crippen LogP contribution is -2.43. The molecular weight excluding hydrogens is 408 g/mol. The molecule has 2 aliphatic heterocycles. The van der Waals surface area contributed by atoms with Crippen LogP contribution in [0.2, 0.25) is 5.02 Å². The van der Waals surface area contributed by atoms with Crippen LogP contribution in [0.25, 0.3) is 5.69 Å². The summed E-state index contributed by atoms with van der Waals surface area (Å²) < 4.78 is 7.44. The Morgan fingerprint density at radius 2 is 1.73 bits per heavy atom. The van der Waals surface area contributed by atoms with Crippen LogP contribution in [-0.2, 0) is 4.74 Å². The van der Waals surface area contributed by atoms with Gasteiger partial charge in [0, 0.05) is 30.9 Å². The molecule has 0 bridgehead atoms. The number of likely N-dealkylation sites (tertiary alicyclic amines) is 1. The molecule has 0 radical (unpaired) electrons. The number of hydrogen-bond acceptors (Lipinski definition) is 5. The number of benzene rings is 1. The summed E-state index contributed by atoms with van der Waals surface area (Å²) in [6, 6.07) is 6.07. The number of ether oxygens (including phenoxy) is 1. The molecule has 0 aliphatic carbocycles. The second-order valence-electron chi connectivity index (χ2n) is 7.72. The van der Waals surface area contributed by atoms with Crippen molar-refractivity contribution in [3.63, 3.8) is 0 Å². The molecule has 160 valence electrons. The molecule has 30 heavy (non-hydrogen) atoms. The van der Waals surface area contributed by atoms with Crippen molar-refractivity contribution in [3.05, 3.63) is 61.9 Å². The number of piperidine rings is 2. The van der Waals surface area contributed by atoms with Gasteiger partial charge in [-0.25, -0.2) is 4.79 Å². The third-order valence-electron chi connectivity index (χ3n) is 5.68. The molecule has 8 nitrogen and oxygen atoms in total. The van der Waals surface area contributed by atoms with Gasteiger partial charge in [0.25, 0.3) is 11.5 Å². The van der Waals surface area contributed by atoms with Gasteiger partial charge in [-0.1, -0.05) is 11.6 Å². The Balaban J connectivity index is 1.44. The van der Waals surface area contributed by atoms with Gasteiger partial charge in [-0.05, 0) is 57.0 Å². The van der Waals surface area contributed by atoms with E-state index in [4.69, 9.17) is 16.3 Å². The van der Waals surface area contributed by atoms with Crippen molar-refractivity contribution in [2.24, 2.45) is 0 Å². The standard InChI is InChI=1S/C21H25ClN4O4/c22-17-2-1-14(13-18(17)26-12-7-19(27)24-21(26)29)20(28)25-10-5-16(6-11-25)30-15-3-8-23-9-4-15/h1-2,7,12-13,15-16,23H,3-6,8-11H2,(H,24,27,29). The van der Waals surface area contributed by atoms with Gasteiger partial charge in [-0.2, -0.15) is 0 Å². The van der Waals surface area contributed by atoms with Gasteiger partial charge in [0.1, 0.15) is 0 Å². The lowest BCUT2D eigenvalue weighted by molar-refractivity contribution is -0.0499. The van der Waals surface area contributed by atoms with Gasteiger partial charge in [0.05, 0.1) is 22.9 Å². The smallest absolute Gasteiger partial charge is 0.332 e. The molecule has 1 aromatic heterocycles. The summed E-state index contributed by atoms with van der Waals surface area (Å²) in [6.45, 7) is 3.26. The first-order valence-electron chi connectivity index (χ1n) is 10.3. The maximum Gasteiger partial charge on any atom is 0.332 e. The van der Waals surface area contributed by atoms with E-state index in [1.165, 1.54) is 16.8 Å². The van der Waals surface area contributed by atoms with Crippen molar-refractivity contribution in [1.29, 1.82) is 0 Å². The summed E-state index contributed by atoms with van der Waals surface area (Å²) >= 11 is 6.25. The number of carbonyl (C=O) groups is 1. The summed E-state index contributed by atoms with van der Waals surface area (Å²) in [5.74, 6) is -0.106. The highest BCUT2D eigenvalue weighted by Crippen LogP contribution is 2.24. The monoisotopic (exact) mass is 432 g/mol. The Bertz CT molecular complexity index is 1020. The zero-order chi connectivity index (χ0) is 21.1. The number of nitrogens with one attached hydrogen (secondary N) is 2. The van der Waals surface area contributed by atoms with Gasteiger partial charge in [-0.15, -0.1) is 0 Å². The van der Waals surface area contributed by atoms with E-state index in [2.05, 4.69) is 10.3 Å². The van der Waals surface area contributed by atoms with Crippen LogP contribution >= 0.6 is 11.6 Å². The molecule has 3 heterocycles. The minimum Gasteiger partial charge on any atom is -0.375 e. The Hall–Kier alpha value is -2.42. The molecule has 1 aromatic carbocycles. The van der Waals surface area contributed by atoms with Crippen molar-refractivity contribution in [1.82, 2.24) is 19.8 Å². The second kappa shape index (κ2) is 9.16. The van der Waals surface area contributed by atoms with E-state index in [9.17, 15) is 14.4 Å². The predicted molar refractivity (Wildman–Crippen MR) is 114 cm³/mol. The van der Waals surface area contributed by atoms with Crippen molar-refractivity contribution >= 4 is 17.5 Å². The number of halogens is 1. The molecule has 2 N–H and O–H groups in total. The van der Waals surface area contributed by atoms with Crippen molar-refractivity contribution < 1.29 is 9.53 Å². The summed E-state index contributed by atoms with van der Waals surface area (Å²) in [7, 11) is 0. The SMILES string of the molecule is O=C(c1ccc(Cl)c(-n2ccc(=O)[nH]c2=O)c1)N1CCC(OC2CCNCC2)CC1. The average molecular weight is 433 g/mol. The molecule has 2 aromatic rings. The highest BCUT2D eigenvalue weighted by atomic mass is 35.5. The third-order valence-corrected chi connectivity index (χ3v) is 6.00. The molecule has 0 atom stereocenters. The topological polar surface area (TPSA) is 96.4 Å². The van der Waals surface area contributed by atoms with Crippen LogP contribution < -0.4 is 16.6 Å². The van der Waals surface area contributed by atoms with Crippen molar-refractivity contribution in [2.75, 3.05) is 26.2 Å². The third kappa shape index (κ3) is 4.66. The molecule has 2 aliphatic rings. The Kier molecular flexibility index (Phi) is 6.36. The average Bonchev–Trinajstić information content (AvgIpc) is 2.75. The fourth-order valence-corrected chi connectivity index (χ4v) is 4.23. The first kappa shape index (κ1) is 20.8. The maximum atomic E-state index is 13.0. The van der Waals surface area contributed by atoms with E-state index in [0.29, 0.717) is 35.5 Å². The minimum absolute atomic E-state index is 0.106. The number of aromatic amines is 1. The van der Waals surface area contributed by atoms with Crippen molar-refractivity contribution in [3.8, 4) is 5.69 Å². The molecule has 4 rings (SSSR count). The lowest BCUT2D eigenvalue weighted by atomic mass is 10.0. The van der Waals surface area contributed by atoms with E-state index in [1.54, 1.807) is 18.2 Å². The number of nitrogens with zero attached hydrogens (tertiary/aromatic N) is 2. The summed E-state index contributed by atoms with van der Waals surface area (Å²) in [5.41, 5.74) is -0.294. The fraction of sp³-hybridized carbons (Fsp3) is 0.476. The van der Waals surface area contributed by atoms with E-state index < -0.39 is 11.2 Å². The minimum atomic E-state index is -0.607. The highest BCUT2D eigenvalue weighted by Gasteiger charge is 2.27. The number of hydrogen-bond donors (Lipinski definition) is 2. The first-order chi connectivity index (χ1) is 14.5. The molecule has 0 unspecified atom stereocenters. The Labute approximate surface area is 178 Å². The van der Waals surface area contributed by atoms with Crippen LogP contribution in [0.5, 0.6) is 0 Å². The zero-order valence-corrected chi connectivity index (χ0v) is 17.4. The molecule has 2 saturated heterocycles. The molecule has 0 spiro atoms. The molecule has 2 fully saturated rings. The summed E-state index contributed by atoms with van der Waals surface area (Å²) in [6.07, 6.45) is 5.56. The number of amides is 1. The van der Waals surface area contributed by atoms with Gasteiger partial charge < -0.3 is 15.0 Å². The van der Waals surface area contributed by atoms with Crippen LogP contribution in [0.4, 0.5) is 0 Å². The van der Waals surface area contributed by atoms with E-state index in [1.807, 2.05) is 4.90 Å². The van der Waals surface area contributed by atoms with Crippen LogP contribution in [0, 0.1) is 0 Å². The zero-order valence-electron chi connectivity index (χ0n) is 16.6. The largest absolute Gasteiger partial charge is 0.375 e. The van der Waals surface area contributed by atoms with Crippen LogP contribution in [0.15, 0.2) is 40.1 Å². The number of aromatic nitrogens is 2. The van der Waals surface area contributed by atoms with Crippen molar-refractivity contribution in [2.45, 2.75) is 37.9 Å². The Morgan fingerprint density at radius 1 is 1.03 bits per heavy atom. The lowest BCUT2D eigenvalue weighted by Gasteiger charge is -2.35. The molecule has 1 amide bonds. The summed E-state index contributed by atoms with van der Waals surface area (Å²) in [5, 5.41) is 3.65. The van der Waals surface area contributed by atoms with E-state index >= 15 is 0 Å². The number of rotatable bonds is 4. The van der Waals surface area contributed by atoms with Gasteiger partial charge in [-0.3, -0.25) is 19.1 Å². The van der Waals surface area contributed by atoms with Crippen LogP contribution in [-0.4, -0.2) is 58.7 Å². The normalized spacial score (nSPS) is 18.5. The maximum absolute atomic E-state index is 13.0. The Morgan fingerprint density at radius 3 is 2.43 bits per heavy atom.